The predicted molar refractivity (Wildman–Crippen MR) is 135 cm³/mol. The molecule has 35 heavy (non-hydrogen) atoms. The van der Waals surface area contributed by atoms with Crippen LogP contribution in [0.25, 0.3) is 17.3 Å². The Balaban J connectivity index is 1.74. The first kappa shape index (κ1) is 24.0. The zero-order valence-corrected chi connectivity index (χ0v) is 21.0. The van der Waals surface area contributed by atoms with Gasteiger partial charge in [-0.2, -0.15) is 5.10 Å². The number of nitrogens with zero attached hydrogens (tertiary/aromatic N) is 3. The molecular weight excluding hydrogens is 512 g/mol. The van der Waals surface area contributed by atoms with Crippen LogP contribution < -0.4 is 0 Å². The molecule has 3 aromatic rings. The summed E-state index contributed by atoms with van der Waals surface area (Å²) in [6, 6.07) is 10.7. The van der Waals surface area contributed by atoms with Gasteiger partial charge in [-0.3, -0.25) is 4.79 Å². The number of carbonyl (C=O) groups excluding carboxylic acids is 1. The number of benzene rings is 2. The summed E-state index contributed by atoms with van der Waals surface area (Å²) < 4.78 is 40.9. The average Bonchev–Trinajstić information content (AvgIpc) is 3.18. The van der Waals surface area contributed by atoms with E-state index in [0.717, 1.165) is 19.3 Å². The standard InChI is InChI=1S/C25H22Cl2FN3O3S/c26-18-6-9-22(21(27)13-18)31-24-17(12-16-4-7-19(28)8-5-16)14-35(33,34)15-20(24)23(29-31)25(32)30-10-2-1-3-11-30/h4-9,12-13H,1-3,10-11,14-15H2. The van der Waals surface area contributed by atoms with Crippen LogP contribution >= 0.6 is 23.2 Å². The van der Waals surface area contributed by atoms with E-state index in [2.05, 4.69) is 5.10 Å². The number of hydrogen-bond acceptors (Lipinski definition) is 4. The van der Waals surface area contributed by atoms with Gasteiger partial charge in [0, 0.05) is 23.7 Å². The highest BCUT2D eigenvalue weighted by molar-refractivity contribution is 7.91. The first-order chi connectivity index (χ1) is 16.7. The molecule has 2 aliphatic heterocycles. The van der Waals surface area contributed by atoms with E-state index in [1.165, 1.54) is 16.8 Å². The zero-order chi connectivity index (χ0) is 24.7. The van der Waals surface area contributed by atoms with Crippen molar-refractivity contribution in [3.05, 3.63) is 80.8 Å². The number of piperidine rings is 1. The second-order valence-corrected chi connectivity index (χ2v) is 11.7. The van der Waals surface area contributed by atoms with E-state index in [-0.39, 0.29) is 23.1 Å². The van der Waals surface area contributed by atoms with Gasteiger partial charge >= 0.3 is 0 Å². The summed E-state index contributed by atoms with van der Waals surface area (Å²) in [4.78, 5) is 15.2. The Morgan fingerprint density at radius 2 is 1.71 bits per heavy atom. The molecule has 5 rings (SSSR count). The normalized spacial score (nSPS) is 18.5. The number of fused-ring (bicyclic) bond motifs is 1. The number of aromatic nitrogens is 2. The summed E-state index contributed by atoms with van der Waals surface area (Å²) in [6.45, 7) is 1.21. The molecule has 0 radical (unpaired) electrons. The molecular formula is C25H22Cl2FN3O3S. The lowest BCUT2D eigenvalue weighted by Crippen LogP contribution is -2.36. The second kappa shape index (κ2) is 9.41. The summed E-state index contributed by atoms with van der Waals surface area (Å²) >= 11 is 12.6. The van der Waals surface area contributed by atoms with E-state index < -0.39 is 15.7 Å². The van der Waals surface area contributed by atoms with Crippen molar-refractivity contribution in [2.45, 2.75) is 25.0 Å². The van der Waals surface area contributed by atoms with Crippen LogP contribution in [0.15, 0.2) is 42.5 Å². The summed E-state index contributed by atoms with van der Waals surface area (Å²) in [5, 5.41) is 5.39. The Morgan fingerprint density at radius 3 is 2.40 bits per heavy atom. The second-order valence-electron chi connectivity index (χ2n) is 8.79. The Labute approximate surface area is 212 Å². The maximum Gasteiger partial charge on any atom is 0.274 e. The van der Waals surface area contributed by atoms with Crippen LogP contribution in [0.5, 0.6) is 0 Å². The van der Waals surface area contributed by atoms with Gasteiger partial charge in [0.1, 0.15) is 5.82 Å². The van der Waals surface area contributed by atoms with Crippen molar-refractivity contribution in [1.82, 2.24) is 14.7 Å². The fourth-order valence-electron chi connectivity index (χ4n) is 4.61. The highest BCUT2D eigenvalue weighted by Crippen LogP contribution is 2.37. The van der Waals surface area contributed by atoms with Gasteiger partial charge in [0.25, 0.3) is 5.91 Å². The maximum absolute atomic E-state index is 13.5. The predicted octanol–water partition coefficient (Wildman–Crippen LogP) is 5.41. The Morgan fingerprint density at radius 1 is 1.00 bits per heavy atom. The van der Waals surface area contributed by atoms with E-state index in [4.69, 9.17) is 23.2 Å². The van der Waals surface area contributed by atoms with E-state index in [1.807, 2.05) is 0 Å². The van der Waals surface area contributed by atoms with Crippen molar-refractivity contribution in [3.63, 3.8) is 0 Å². The molecule has 0 spiro atoms. The van der Waals surface area contributed by atoms with E-state index >= 15 is 0 Å². The molecule has 0 bridgehead atoms. The summed E-state index contributed by atoms with van der Waals surface area (Å²) in [7, 11) is -3.57. The SMILES string of the molecule is O=C(c1nn(-c2ccc(Cl)cc2Cl)c2c1CS(=O)(=O)CC2=Cc1ccc(F)cc1)N1CCCCC1. The average molecular weight is 534 g/mol. The molecule has 0 atom stereocenters. The van der Waals surface area contributed by atoms with Gasteiger partial charge in [-0.1, -0.05) is 35.3 Å². The third-order valence-corrected chi connectivity index (χ3v) is 8.24. The largest absolute Gasteiger partial charge is 0.337 e. The maximum atomic E-state index is 13.5. The highest BCUT2D eigenvalue weighted by Gasteiger charge is 2.36. The van der Waals surface area contributed by atoms with Gasteiger partial charge < -0.3 is 4.90 Å². The molecule has 2 aromatic carbocycles. The van der Waals surface area contributed by atoms with Crippen LogP contribution in [0.1, 0.15) is 46.6 Å². The molecule has 1 fully saturated rings. The Kier molecular flexibility index (Phi) is 6.46. The minimum absolute atomic E-state index is 0.112. The number of halogens is 3. The van der Waals surface area contributed by atoms with Crippen LogP contribution in [0.4, 0.5) is 4.39 Å². The van der Waals surface area contributed by atoms with Crippen molar-refractivity contribution >= 4 is 50.6 Å². The fraction of sp³-hybridized carbons (Fsp3) is 0.280. The smallest absolute Gasteiger partial charge is 0.274 e. The fourth-order valence-corrected chi connectivity index (χ4v) is 6.61. The lowest BCUT2D eigenvalue weighted by Gasteiger charge is -2.26. The van der Waals surface area contributed by atoms with Gasteiger partial charge in [-0.05, 0) is 66.8 Å². The van der Waals surface area contributed by atoms with E-state index in [0.29, 0.717) is 51.2 Å². The minimum atomic E-state index is -3.57. The molecule has 1 aromatic heterocycles. The molecule has 6 nitrogen and oxygen atoms in total. The van der Waals surface area contributed by atoms with Gasteiger partial charge in [0.2, 0.25) is 0 Å². The summed E-state index contributed by atoms with van der Waals surface area (Å²) in [5.41, 5.74) is 2.54. The Bertz CT molecular complexity index is 1440. The third-order valence-electron chi connectivity index (χ3n) is 6.22. The van der Waals surface area contributed by atoms with E-state index in [9.17, 15) is 17.6 Å². The lowest BCUT2D eigenvalue weighted by molar-refractivity contribution is 0.0717. The molecule has 1 saturated heterocycles. The van der Waals surface area contributed by atoms with Crippen LogP contribution in [0.2, 0.25) is 10.0 Å². The van der Waals surface area contributed by atoms with Gasteiger partial charge in [0.15, 0.2) is 15.5 Å². The van der Waals surface area contributed by atoms with Crippen molar-refractivity contribution in [2.75, 3.05) is 18.8 Å². The summed E-state index contributed by atoms with van der Waals surface area (Å²) in [5.74, 6) is -1.23. The number of sulfone groups is 1. The first-order valence-corrected chi connectivity index (χ1v) is 13.8. The zero-order valence-electron chi connectivity index (χ0n) is 18.7. The van der Waals surface area contributed by atoms with Crippen molar-refractivity contribution < 1.29 is 17.6 Å². The van der Waals surface area contributed by atoms with Crippen LogP contribution in [0, 0.1) is 5.82 Å². The summed E-state index contributed by atoms with van der Waals surface area (Å²) in [6.07, 6.45) is 4.53. The minimum Gasteiger partial charge on any atom is -0.337 e. The van der Waals surface area contributed by atoms with Gasteiger partial charge in [0.05, 0.1) is 27.9 Å². The molecule has 0 N–H and O–H groups in total. The molecule has 0 unspecified atom stereocenters. The molecule has 0 saturated carbocycles. The monoisotopic (exact) mass is 533 g/mol. The van der Waals surface area contributed by atoms with Crippen LogP contribution in [0.3, 0.4) is 0 Å². The van der Waals surface area contributed by atoms with Crippen LogP contribution in [-0.4, -0.2) is 47.8 Å². The van der Waals surface area contributed by atoms with Crippen molar-refractivity contribution in [1.29, 1.82) is 0 Å². The molecule has 1 amide bonds. The third kappa shape index (κ3) is 4.87. The van der Waals surface area contributed by atoms with E-state index in [1.54, 1.807) is 41.3 Å². The topological polar surface area (TPSA) is 72.3 Å². The molecule has 3 heterocycles. The molecule has 0 aliphatic carbocycles. The Hall–Kier alpha value is -2.68. The van der Waals surface area contributed by atoms with Crippen molar-refractivity contribution in [3.8, 4) is 5.69 Å². The number of amides is 1. The lowest BCUT2D eigenvalue weighted by atomic mass is 10.0. The van der Waals surface area contributed by atoms with Crippen molar-refractivity contribution in [2.24, 2.45) is 0 Å². The number of hydrogen-bond donors (Lipinski definition) is 0. The number of likely N-dealkylation sites (tertiary alicyclic amines) is 1. The number of rotatable bonds is 3. The molecule has 2 aliphatic rings. The first-order valence-electron chi connectivity index (χ1n) is 11.3. The molecule has 182 valence electrons. The number of carbonyl (C=O) groups is 1. The molecule has 10 heteroatoms. The van der Waals surface area contributed by atoms with Crippen LogP contribution in [-0.2, 0) is 15.6 Å². The highest BCUT2D eigenvalue weighted by atomic mass is 35.5. The van der Waals surface area contributed by atoms with Gasteiger partial charge in [-0.25, -0.2) is 17.5 Å². The quantitative estimate of drug-likeness (QED) is 0.451. The van der Waals surface area contributed by atoms with Gasteiger partial charge in [-0.15, -0.1) is 0 Å².